The van der Waals surface area contributed by atoms with Crippen molar-refractivity contribution in [3.8, 4) is 0 Å². The molecular weight excluding hydrogens is 264 g/mol. The van der Waals surface area contributed by atoms with E-state index in [0.717, 1.165) is 32.6 Å². The summed E-state index contributed by atoms with van der Waals surface area (Å²) in [6, 6.07) is 0. The molecule has 0 aromatic heterocycles. The maximum absolute atomic E-state index is 11.9. The van der Waals surface area contributed by atoms with Crippen molar-refractivity contribution in [2.24, 2.45) is 5.41 Å². The lowest BCUT2D eigenvalue weighted by molar-refractivity contribution is -0.138. The standard InChI is InChI=1S/C14H26N2O2.ClH/c1-2-11-18-12-13(17)16-9-5-14(6-10-16)3-7-15-8-4-14;/h15H,2-12H2,1H3;1H. The number of rotatable bonds is 4. The van der Waals surface area contributed by atoms with E-state index in [1.54, 1.807) is 0 Å². The molecule has 0 unspecified atom stereocenters. The Morgan fingerprint density at radius 2 is 1.84 bits per heavy atom. The van der Waals surface area contributed by atoms with Crippen LogP contribution in [0.1, 0.15) is 39.0 Å². The third-order valence-corrected chi connectivity index (χ3v) is 4.42. The summed E-state index contributed by atoms with van der Waals surface area (Å²) < 4.78 is 5.33. The fourth-order valence-electron chi connectivity index (χ4n) is 3.08. The van der Waals surface area contributed by atoms with Gasteiger partial charge in [0.2, 0.25) is 5.91 Å². The molecule has 1 amide bonds. The molecule has 0 aromatic rings. The Bertz CT molecular complexity index is 271. The van der Waals surface area contributed by atoms with E-state index >= 15 is 0 Å². The van der Waals surface area contributed by atoms with Crippen molar-refractivity contribution in [2.75, 3.05) is 39.4 Å². The Labute approximate surface area is 122 Å². The zero-order chi connectivity index (χ0) is 12.8. The van der Waals surface area contributed by atoms with Gasteiger partial charge in [-0.1, -0.05) is 6.92 Å². The molecule has 4 nitrogen and oxygen atoms in total. The summed E-state index contributed by atoms with van der Waals surface area (Å²) in [5.74, 6) is 0.173. The Hall–Kier alpha value is -0.320. The summed E-state index contributed by atoms with van der Waals surface area (Å²) >= 11 is 0. The highest BCUT2D eigenvalue weighted by atomic mass is 35.5. The van der Waals surface area contributed by atoms with E-state index in [2.05, 4.69) is 12.2 Å². The summed E-state index contributed by atoms with van der Waals surface area (Å²) in [5.41, 5.74) is 0.520. The molecule has 2 heterocycles. The van der Waals surface area contributed by atoms with Crippen molar-refractivity contribution >= 4 is 18.3 Å². The van der Waals surface area contributed by atoms with E-state index in [-0.39, 0.29) is 24.9 Å². The minimum absolute atomic E-state index is 0. The zero-order valence-corrected chi connectivity index (χ0v) is 12.8. The van der Waals surface area contributed by atoms with Crippen LogP contribution in [0.15, 0.2) is 0 Å². The van der Waals surface area contributed by atoms with Gasteiger partial charge in [0.05, 0.1) is 0 Å². The van der Waals surface area contributed by atoms with Crippen LogP contribution in [0.3, 0.4) is 0 Å². The van der Waals surface area contributed by atoms with Crippen LogP contribution in [0.5, 0.6) is 0 Å². The first kappa shape index (κ1) is 16.7. The molecule has 112 valence electrons. The van der Waals surface area contributed by atoms with Gasteiger partial charge in [0, 0.05) is 19.7 Å². The monoisotopic (exact) mass is 290 g/mol. The van der Waals surface area contributed by atoms with Crippen molar-refractivity contribution in [2.45, 2.75) is 39.0 Å². The topological polar surface area (TPSA) is 41.6 Å². The van der Waals surface area contributed by atoms with E-state index in [4.69, 9.17) is 4.74 Å². The van der Waals surface area contributed by atoms with E-state index < -0.39 is 0 Å². The SMILES string of the molecule is CCCOCC(=O)N1CCC2(CCNCC2)CC1.Cl. The van der Waals surface area contributed by atoms with E-state index in [0.29, 0.717) is 12.0 Å². The predicted octanol–water partition coefficient (Wildman–Crippen LogP) is 1.83. The van der Waals surface area contributed by atoms with Crippen LogP contribution in [-0.4, -0.2) is 50.2 Å². The molecule has 2 rings (SSSR count). The molecule has 1 N–H and O–H groups in total. The summed E-state index contributed by atoms with van der Waals surface area (Å²) in [5, 5.41) is 3.42. The number of hydrogen-bond acceptors (Lipinski definition) is 3. The van der Waals surface area contributed by atoms with E-state index in [9.17, 15) is 4.79 Å². The third-order valence-electron chi connectivity index (χ3n) is 4.42. The van der Waals surface area contributed by atoms with Crippen molar-refractivity contribution in [1.82, 2.24) is 10.2 Å². The molecule has 0 aromatic carbocycles. The maximum atomic E-state index is 11.9. The second kappa shape index (κ2) is 8.08. The average Bonchev–Trinajstić information content (AvgIpc) is 2.41. The van der Waals surface area contributed by atoms with Crippen LogP contribution < -0.4 is 5.32 Å². The van der Waals surface area contributed by atoms with Gasteiger partial charge in [-0.05, 0) is 50.6 Å². The molecule has 19 heavy (non-hydrogen) atoms. The predicted molar refractivity (Wildman–Crippen MR) is 78.7 cm³/mol. The Morgan fingerprint density at radius 3 is 2.42 bits per heavy atom. The molecule has 0 radical (unpaired) electrons. The maximum Gasteiger partial charge on any atom is 0.248 e. The van der Waals surface area contributed by atoms with Crippen LogP contribution in [0.25, 0.3) is 0 Å². The van der Waals surface area contributed by atoms with Crippen molar-refractivity contribution in [3.63, 3.8) is 0 Å². The minimum Gasteiger partial charge on any atom is -0.372 e. The molecule has 2 saturated heterocycles. The number of likely N-dealkylation sites (tertiary alicyclic amines) is 1. The van der Waals surface area contributed by atoms with Gasteiger partial charge < -0.3 is 15.0 Å². The van der Waals surface area contributed by atoms with E-state index in [1.165, 1.54) is 25.7 Å². The van der Waals surface area contributed by atoms with Gasteiger partial charge in [-0.25, -0.2) is 0 Å². The number of ether oxygens (including phenoxy) is 1. The summed E-state index contributed by atoms with van der Waals surface area (Å²) in [7, 11) is 0. The Kier molecular flexibility index (Phi) is 7.11. The highest BCUT2D eigenvalue weighted by Gasteiger charge is 2.36. The average molecular weight is 291 g/mol. The number of piperidine rings is 2. The third kappa shape index (κ3) is 4.62. The first-order chi connectivity index (χ1) is 8.76. The van der Waals surface area contributed by atoms with Crippen molar-refractivity contribution in [3.05, 3.63) is 0 Å². The molecule has 0 saturated carbocycles. The molecule has 1 spiro atoms. The van der Waals surface area contributed by atoms with Crippen LogP contribution in [-0.2, 0) is 9.53 Å². The minimum atomic E-state index is 0. The van der Waals surface area contributed by atoms with Gasteiger partial charge >= 0.3 is 0 Å². The van der Waals surface area contributed by atoms with Gasteiger partial charge in [0.1, 0.15) is 6.61 Å². The molecule has 0 bridgehead atoms. The van der Waals surface area contributed by atoms with Crippen LogP contribution >= 0.6 is 12.4 Å². The number of carbonyl (C=O) groups is 1. The number of carbonyl (C=O) groups excluding carboxylic acids is 1. The molecule has 0 aliphatic carbocycles. The first-order valence-electron chi connectivity index (χ1n) is 7.32. The number of amides is 1. The summed E-state index contributed by atoms with van der Waals surface area (Å²) in [6.07, 6.45) is 5.88. The van der Waals surface area contributed by atoms with Gasteiger partial charge in [-0.15, -0.1) is 12.4 Å². The molecule has 0 atom stereocenters. The smallest absolute Gasteiger partial charge is 0.248 e. The first-order valence-corrected chi connectivity index (χ1v) is 7.32. The summed E-state index contributed by atoms with van der Waals surface area (Å²) in [6.45, 7) is 7.16. The Balaban J connectivity index is 0.00000180. The number of nitrogens with one attached hydrogen (secondary N) is 1. The quantitative estimate of drug-likeness (QED) is 0.803. The zero-order valence-electron chi connectivity index (χ0n) is 12.0. The van der Waals surface area contributed by atoms with Crippen LogP contribution in [0.2, 0.25) is 0 Å². The second-order valence-corrected chi connectivity index (χ2v) is 5.68. The second-order valence-electron chi connectivity index (χ2n) is 5.68. The van der Waals surface area contributed by atoms with Gasteiger partial charge in [-0.2, -0.15) is 0 Å². The highest BCUT2D eigenvalue weighted by Crippen LogP contribution is 2.39. The summed E-state index contributed by atoms with van der Waals surface area (Å²) in [4.78, 5) is 13.9. The lowest BCUT2D eigenvalue weighted by atomic mass is 9.71. The van der Waals surface area contributed by atoms with Crippen LogP contribution in [0, 0.1) is 5.41 Å². The van der Waals surface area contributed by atoms with Crippen molar-refractivity contribution in [1.29, 1.82) is 0 Å². The lowest BCUT2D eigenvalue weighted by Crippen LogP contribution is -2.48. The molecule has 2 aliphatic heterocycles. The number of halogens is 1. The van der Waals surface area contributed by atoms with Gasteiger partial charge in [0.15, 0.2) is 0 Å². The lowest BCUT2D eigenvalue weighted by Gasteiger charge is -2.44. The molecule has 2 aliphatic rings. The van der Waals surface area contributed by atoms with Gasteiger partial charge in [0.25, 0.3) is 0 Å². The molecule has 2 fully saturated rings. The van der Waals surface area contributed by atoms with Crippen molar-refractivity contribution < 1.29 is 9.53 Å². The fourth-order valence-corrected chi connectivity index (χ4v) is 3.08. The molecule has 5 heteroatoms. The highest BCUT2D eigenvalue weighted by molar-refractivity contribution is 5.85. The Morgan fingerprint density at radius 1 is 1.21 bits per heavy atom. The normalized spacial score (nSPS) is 22.1. The fraction of sp³-hybridized carbons (Fsp3) is 0.929. The number of hydrogen-bond donors (Lipinski definition) is 1. The van der Waals surface area contributed by atoms with Crippen LogP contribution in [0.4, 0.5) is 0 Å². The van der Waals surface area contributed by atoms with E-state index in [1.807, 2.05) is 4.90 Å². The number of nitrogens with zero attached hydrogens (tertiary/aromatic N) is 1. The molecular formula is C14H27ClN2O2. The van der Waals surface area contributed by atoms with Gasteiger partial charge in [-0.3, -0.25) is 4.79 Å². The largest absolute Gasteiger partial charge is 0.372 e.